The molecule has 1 aromatic carbocycles. The Morgan fingerprint density at radius 3 is 2.63 bits per heavy atom. The summed E-state index contributed by atoms with van der Waals surface area (Å²) in [7, 11) is 0. The number of halogens is 1. The van der Waals surface area contributed by atoms with Crippen molar-refractivity contribution < 1.29 is 5.11 Å². The zero-order valence-electron chi connectivity index (χ0n) is 14.8. The fraction of sp³-hybridized carbons (Fsp3) is 0.350. The van der Waals surface area contributed by atoms with E-state index >= 15 is 0 Å². The first kappa shape index (κ1) is 18.3. The minimum atomic E-state index is -0.125. The van der Waals surface area contributed by atoms with Gasteiger partial charge >= 0.3 is 0 Å². The van der Waals surface area contributed by atoms with Crippen LogP contribution in [0.15, 0.2) is 36.5 Å². The topological polar surface area (TPSA) is 84.9 Å². The van der Waals surface area contributed by atoms with Gasteiger partial charge in [0.1, 0.15) is 0 Å². The molecule has 0 atom stereocenters. The number of nitrogens with zero attached hydrogens (tertiary/aromatic N) is 3. The molecule has 2 aromatic heterocycles. The van der Waals surface area contributed by atoms with Crippen LogP contribution in [0.2, 0.25) is 5.02 Å². The van der Waals surface area contributed by atoms with Gasteiger partial charge in [0.05, 0.1) is 27.4 Å². The molecule has 0 aliphatic heterocycles. The van der Waals surface area contributed by atoms with Crippen molar-refractivity contribution in [2.75, 3.05) is 5.73 Å². The highest BCUT2D eigenvalue weighted by molar-refractivity contribution is 7.15. The fourth-order valence-corrected chi connectivity index (χ4v) is 4.74. The van der Waals surface area contributed by atoms with Crippen molar-refractivity contribution in [2.24, 2.45) is 5.92 Å². The van der Waals surface area contributed by atoms with E-state index in [4.69, 9.17) is 17.3 Å². The summed E-state index contributed by atoms with van der Waals surface area (Å²) in [5, 5.41) is 11.4. The minimum Gasteiger partial charge on any atom is -0.393 e. The maximum absolute atomic E-state index is 9.66. The first-order valence-electron chi connectivity index (χ1n) is 9.11. The predicted molar refractivity (Wildman–Crippen MR) is 110 cm³/mol. The molecule has 140 valence electrons. The van der Waals surface area contributed by atoms with Gasteiger partial charge in [-0.2, -0.15) is 0 Å². The molecule has 0 bridgehead atoms. The highest BCUT2D eigenvalue weighted by Gasteiger charge is 2.21. The molecule has 0 saturated heterocycles. The standard InChI is InChI=1S/C20H21ClN4OS/c21-15-4-2-1-3-14(15)16-10-17(25-20(22)24-16)18-11-23-19(27-18)9-12-5-7-13(26)8-6-12/h1-4,10-13,26H,5-9H2,(H2,22,24,25). The van der Waals surface area contributed by atoms with Gasteiger partial charge in [0, 0.05) is 23.2 Å². The van der Waals surface area contributed by atoms with E-state index in [1.54, 1.807) is 11.3 Å². The van der Waals surface area contributed by atoms with Gasteiger partial charge in [0.2, 0.25) is 5.95 Å². The molecule has 0 radical (unpaired) electrons. The highest BCUT2D eigenvalue weighted by atomic mass is 35.5. The largest absolute Gasteiger partial charge is 0.393 e. The molecule has 3 N–H and O–H groups in total. The molecule has 3 aromatic rings. The van der Waals surface area contributed by atoms with Gasteiger partial charge in [-0.25, -0.2) is 15.0 Å². The van der Waals surface area contributed by atoms with Crippen LogP contribution in [-0.2, 0) is 6.42 Å². The SMILES string of the molecule is Nc1nc(-c2cnc(CC3CCC(O)CC3)s2)cc(-c2ccccc2Cl)n1. The number of aliphatic hydroxyl groups is 1. The predicted octanol–water partition coefficient (Wildman–Crippen LogP) is 4.60. The Bertz CT molecular complexity index is 937. The number of aliphatic hydroxyl groups excluding tert-OH is 1. The summed E-state index contributed by atoms with van der Waals surface area (Å²) < 4.78 is 0. The van der Waals surface area contributed by atoms with Crippen LogP contribution in [0.4, 0.5) is 5.95 Å². The third-order valence-electron chi connectivity index (χ3n) is 4.98. The summed E-state index contributed by atoms with van der Waals surface area (Å²) >= 11 is 7.95. The summed E-state index contributed by atoms with van der Waals surface area (Å²) in [4.78, 5) is 14.3. The summed E-state index contributed by atoms with van der Waals surface area (Å²) in [6, 6.07) is 9.47. The van der Waals surface area contributed by atoms with Gasteiger partial charge in [-0.1, -0.05) is 29.8 Å². The number of hydrogen-bond acceptors (Lipinski definition) is 6. The summed E-state index contributed by atoms with van der Waals surface area (Å²) in [6.45, 7) is 0. The molecular formula is C20H21ClN4OS. The van der Waals surface area contributed by atoms with Crippen molar-refractivity contribution >= 4 is 28.9 Å². The second-order valence-electron chi connectivity index (χ2n) is 6.97. The lowest BCUT2D eigenvalue weighted by atomic mass is 9.86. The van der Waals surface area contributed by atoms with E-state index in [2.05, 4.69) is 15.0 Å². The number of thiazole rings is 1. The van der Waals surface area contributed by atoms with Crippen LogP contribution < -0.4 is 5.73 Å². The van der Waals surface area contributed by atoms with Gasteiger partial charge < -0.3 is 10.8 Å². The van der Waals surface area contributed by atoms with E-state index in [-0.39, 0.29) is 12.1 Å². The fourth-order valence-electron chi connectivity index (χ4n) is 3.52. The molecule has 0 amide bonds. The minimum absolute atomic E-state index is 0.125. The Hall–Kier alpha value is -2.02. The average Bonchev–Trinajstić information content (AvgIpc) is 3.12. The third-order valence-corrected chi connectivity index (χ3v) is 6.35. The molecule has 1 fully saturated rings. The summed E-state index contributed by atoms with van der Waals surface area (Å²) in [6.07, 6.45) is 6.60. The van der Waals surface area contributed by atoms with Crippen LogP contribution in [0.1, 0.15) is 30.7 Å². The first-order valence-corrected chi connectivity index (χ1v) is 10.3. The molecule has 2 heterocycles. The van der Waals surface area contributed by atoms with Crippen molar-refractivity contribution in [1.29, 1.82) is 0 Å². The Kier molecular flexibility index (Phi) is 5.38. The number of aromatic nitrogens is 3. The lowest BCUT2D eigenvalue weighted by Gasteiger charge is -2.24. The molecule has 1 aliphatic rings. The number of nitrogen functional groups attached to an aromatic ring is 1. The Balaban J connectivity index is 1.57. The molecule has 27 heavy (non-hydrogen) atoms. The molecule has 0 unspecified atom stereocenters. The lowest BCUT2D eigenvalue weighted by molar-refractivity contribution is 0.108. The van der Waals surface area contributed by atoms with Gasteiger partial charge in [0.25, 0.3) is 0 Å². The van der Waals surface area contributed by atoms with Crippen LogP contribution >= 0.6 is 22.9 Å². The normalized spacial score (nSPS) is 19.9. The zero-order valence-corrected chi connectivity index (χ0v) is 16.4. The number of anilines is 1. The van der Waals surface area contributed by atoms with Crippen molar-refractivity contribution in [2.45, 2.75) is 38.2 Å². The monoisotopic (exact) mass is 400 g/mol. The van der Waals surface area contributed by atoms with Gasteiger partial charge in [-0.05, 0) is 43.7 Å². The smallest absolute Gasteiger partial charge is 0.221 e. The second-order valence-corrected chi connectivity index (χ2v) is 8.50. The van der Waals surface area contributed by atoms with Crippen molar-refractivity contribution in [3.8, 4) is 21.8 Å². The lowest BCUT2D eigenvalue weighted by Crippen LogP contribution is -2.19. The highest BCUT2D eigenvalue weighted by Crippen LogP contribution is 2.33. The molecule has 5 nitrogen and oxygen atoms in total. The van der Waals surface area contributed by atoms with Crippen LogP contribution in [0, 0.1) is 5.92 Å². The maximum Gasteiger partial charge on any atom is 0.221 e. The molecule has 1 saturated carbocycles. The number of benzene rings is 1. The van der Waals surface area contributed by atoms with Gasteiger partial charge in [-0.15, -0.1) is 11.3 Å². The molecule has 4 rings (SSSR count). The van der Waals surface area contributed by atoms with Crippen LogP contribution in [0.25, 0.3) is 21.8 Å². The molecule has 1 aliphatic carbocycles. The van der Waals surface area contributed by atoms with E-state index in [1.165, 1.54) is 0 Å². The molecule has 0 spiro atoms. The van der Waals surface area contributed by atoms with Crippen molar-refractivity contribution in [3.05, 3.63) is 46.6 Å². The Labute approximate surface area is 167 Å². The first-order chi connectivity index (χ1) is 13.1. The van der Waals surface area contributed by atoms with Crippen molar-refractivity contribution in [3.63, 3.8) is 0 Å². The Morgan fingerprint density at radius 1 is 1.11 bits per heavy atom. The van der Waals surface area contributed by atoms with Crippen LogP contribution in [-0.4, -0.2) is 26.2 Å². The van der Waals surface area contributed by atoms with Crippen LogP contribution in [0.3, 0.4) is 0 Å². The zero-order chi connectivity index (χ0) is 18.8. The van der Waals surface area contributed by atoms with Crippen molar-refractivity contribution in [1.82, 2.24) is 15.0 Å². The van der Waals surface area contributed by atoms with E-state index in [1.807, 2.05) is 36.5 Å². The van der Waals surface area contributed by atoms with Gasteiger partial charge in [-0.3, -0.25) is 0 Å². The number of rotatable bonds is 4. The summed E-state index contributed by atoms with van der Waals surface area (Å²) in [5.74, 6) is 0.820. The van der Waals surface area contributed by atoms with Crippen LogP contribution in [0.5, 0.6) is 0 Å². The van der Waals surface area contributed by atoms with E-state index in [0.717, 1.165) is 53.2 Å². The second kappa shape index (κ2) is 7.92. The number of hydrogen-bond donors (Lipinski definition) is 2. The average molecular weight is 401 g/mol. The van der Waals surface area contributed by atoms with Gasteiger partial charge in [0.15, 0.2) is 0 Å². The molecular weight excluding hydrogens is 380 g/mol. The van der Waals surface area contributed by atoms with E-state index < -0.39 is 0 Å². The third kappa shape index (κ3) is 4.29. The quantitative estimate of drug-likeness (QED) is 0.668. The van der Waals surface area contributed by atoms with E-state index in [0.29, 0.717) is 16.6 Å². The van der Waals surface area contributed by atoms with E-state index in [9.17, 15) is 5.11 Å². The summed E-state index contributed by atoms with van der Waals surface area (Å²) in [5.41, 5.74) is 8.25. The number of nitrogens with two attached hydrogens (primary N) is 1. The maximum atomic E-state index is 9.66. The Morgan fingerprint density at radius 2 is 1.85 bits per heavy atom. The molecule has 7 heteroatoms.